The molecule has 1 aliphatic carbocycles. The molecule has 0 radical (unpaired) electrons. The lowest BCUT2D eigenvalue weighted by molar-refractivity contribution is -0.145. The quantitative estimate of drug-likeness (QED) is 0.840. The maximum absolute atomic E-state index is 12.5. The molecule has 0 unspecified atom stereocenters. The highest BCUT2D eigenvalue weighted by Gasteiger charge is 2.55. The summed E-state index contributed by atoms with van der Waals surface area (Å²) in [5, 5.41) is 21.3. The Morgan fingerprint density at radius 2 is 2.08 bits per heavy atom. The van der Waals surface area contributed by atoms with Gasteiger partial charge in [0.25, 0.3) is 5.91 Å². The summed E-state index contributed by atoms with van der Waals surface area (Å²) < 4.78 is 7.10. The lowest BCUT2D eigenvalue weighted by Gasteiger charge is -2.55. The second kappa shape index (κ2) is 7.17. The van der Waals surface area contributed by atoms with Gasteiger partial charge in [0.2, 0.25) is 0 Å². The van der Waals surface area contributed by atoms with Crippen LogP contribution in [0.1, 0.15) is 35.3 Å². The Labute approximate surface area is 152 Å². The second-order valence-electron chi connectivity index (χ2n) is 7.23. The van der Waals surface area contributed by atoms with Crippen LogP contribution in [0.5, 0.6) is 0 Å². The highest BCUT2D eigenvalue weighted by atomic mass is 16.5. The predicted molar refractivity (Wildman–Crippen MR) is 94.5 cm³/mol. The Morgan fingerprint density at radius 3 is 2.81 bits per heavy atom. The molecule has 1 aromatic carbocycles. The lowest BCUT2D eigenvalue weighted by Crippen LogP contribution is -2.65. The summed E-state index contributed by atoms with van der Waals surface area (Å²) in [5.74, 6) is -0.223. The number of rotatable bonds is 5. The Morgan fingerprint density at radius 1 is 1.31 bits per heavy atom. The third kappa shape index (κ3) is 3.24. The van der Waals surface area contributed by atoms with Gasteiger partial charge in [-0.25, -0.2) is 0 Å². The average molecular weight is 356 g/mol. The van der Waals surface area contributed by atoms with Crippen molar-refractivity contribution >= 4 is 5.91 Å². The van der Waals surface area contributed by atoms with Crippen molar-refractivity contribution < 1.29 is 14.6 Å². The fourth-order valence-corrected chi connectivity index (χ4v) is 4.03. The molecule has 2 N–H and O–H groups in total. The van der Waals surface area contributed by atoms with Crippen molar-refractivity contribution in [2.75, 3.05) is 13.2 Å². The van der Waals surface area contributed by atoms with Crippen LogP contribution in [0.4, 0.5) is 0 Å². The van der Waals surface area contributed by atoms with E-state index in [0.29, 0.717) is 31.9 Å². The van der Waals surface area contributed by atoms with Gasteiger partial charge in [0, 0.05) is 31.2 Å². The first-order valence-corrected chi connectivity index (χ1v) is 9.18. The van der Waals surface area contributed by atoms with E-state index in [2.05, 4.69) is 27.8 Å². The minimum Gasteiger partial charge on any atom is -0.392 e. The van der Waals surface area contributed by atoms with Gasteiger partial charge in [-0.3, -0.25) is 9.48 Å². The number of benzene rings is 1. The summed E-state index contributed by atoms with van der Waals surface area (Å²) in [6.45, 7) is 1.95. The van der Waals surface area contributed by atoms with E-state index in [1.165, 1.54) is 5.56 Å². The first kappa shape index (κ1) is 17.2. The topological polar surface area (TPSA) is 89.3 Å². The van der Waals surface area contributed by atoms with Crippen molar-refractivity contribution in [3.05, 3.63) is 47.8 Å². The zero-order chi connectivity index (χ0) is 18.0. The Balaban J connectivity index is 1.35. The molecule has 1 amide bonds. The van der Waals surface area contributed by atoms with Crippen molar-refractivity contribution in [3.8, 4) is 0 Å². The van der Waals surface area contributed by atoms with Crippen LogP contribution in [-0.2, 0) is 17.7 Å². The summed E-state index contributed by atoms with van der Waals surface area (Å²) in [6.07, 6.45) is 4.31. The Hall–Kier alpha value is -2.25. The van der Waals surface area contributed by atoms with Gasteiger partial charge in [0.05, 0.1) is 12.3 Å². The number of aryl methyl sites for hydroxylation is 2. The molecule has 1 aromatic heterocycles. The number of ether oxygens (including phenoxy) is 1. The Kier molecular flexibility index (Phi) is 4.74. The van der Waals surface area contributed by atoms with Crippen molar-refractivity contribution in [1.82, 2.24) is 20.3 Å². The fourth-order valence-electron chi connectivity index (χ4n) is 4.03. The predicted octanol–water partition coefficient (Wildman–Crippen LogP) is 1.18. The zero-order valence-electron chi connectivity index (χ0n) is 14.7. The second-order valence-corrected chi connectivity index (χ2v) is 7.23. The molecule has 138 valence electrons. The number of nitrogens with one attached hydrogen (secondary N) is 1. The molecule has 7 heteroatoms. The van der Waals surface area contributed by atoms with Gasteiger partial charge in [0.15, 0.2) is 5.69 Å². The van der Waals surface area contributed by atoms with Crippen LogP contribution in [0.15, 0.2) is 36.5 Å². The SMILES string of the molecule is O=C(N[C@@H]1C[C@@H](O)C12CCOCC2)c1cn(CCc2ccccc2)nn1. The van der Waals surface area contributed by atoms with E-state index < -0.39 is 0 Å². The van der Waals surface area contributed by atoms with Gasteiger partial charge in [-0.15, -0.1) is 5.10 Å². The number of aliphatic hydroxyl groups is 1. The zero-order valence-corrected chi connectivity index (χ0v) is 14.7. The first-order valence-electron chi connectivity index (χ1n) is 9.18. The van der Waals surface area contributed by atoms with Crippen molar-refractivity contribution in [3.63, 3.8) is 0 Å². The smallest absolute Gasteiger partial charge is 0.273 e. The summed E-state index contributed by atoms with van der Waals surface area (Å²) in [4.78, 5) is 12.5. The molecule has 7 nitrogen and oxygen atoms in total. The van der Waals surface area contributed by atoms with Gasteiger partial charge in [0.1, 0.15) is 0 Å². The van der Waals surface area contributed by atoms with Crippen molar-refractivity contribution in [2.45, 2.75) is 44.4 Å². The number of hydrogen-bond acceptors (Lipinski definition) is 5. The van der Waals surface area contributed by atoms with Crippen LogP contribution >= 0.6 is 0 Å². The van der Waals surface area contributed by atoms with Crippen LogP contribution in [0.2, 0.25) is 0 Å². The minimum atomic E-state index is -0.363. The highest BCUT2D eigenvalue weighted by molar-refractivity contribution is 5.92. The molecule has 1 saturated carbocycles. The van der Waals surface area contributed by atoms with Crippen LogP contribution in [0.25, 0.3) is 0 Å². The van der Waals surface area contributed by atoms with Gasteiger partial charge in [-0.05, 0) is 31.2 Å². The monoisotopic (exact) mass is 356 g/mol. The molecule has 1 spiro atoms. The van der Waals surface area contributed by atoms with E-state index in [4.69, 9.17) is 4.74 Å². The molecular weight excluding hydrogens is 332 g/mol. The average Bonchev–Trinajstić information content (AvgIpc) is 3.17. The van der Waals surface area contributed by atoms with E-state index >= 15 is 0 Å². The first-order chi connectivity index (χ1) is 12.7. The normalized spacial score (nSPS) is 24.2. The maximum atomic E-state index is 12.5. The number of aromatic nitrogens is 3. The van der Waals surface area contributed by atoms with E-state index in [0.717, 1.165) is 19.3 Å². The van der Waals surface area contributed by atoms with Crippen molar-refractivity contribution in [2.24, 2.45) is 5.41 Å². The molecule has 1 saturated heterocycles. The number of amides is 1. The molecule has 4 rings (SSSR count). The molecule has 2 fully saturated rings. The number of nitrogens with zero attached hydrogens (tertiary/aromatic N) is 3. The van der Waals surface area contributed by atoms with Gasteiger partial charge in [-0.2, -0.15) is 0 Å². The number of aliphatic hydroxyl groups excluding tert-OH is 1. The molecule has 2 aliphatic rings. The van der Waals surface area contributed by atoms with E-state index in [-0.39, 0.29) is 23.5 Å². The minimum absolute atomic E-state index is 0.0247. The summed E-state index contributed by atoms with van der Waals surface area (Å²) in [6, 6.07) is 10.1. The number of carbonyl (C=O) groups is 1. The number of hydrogen-bond donors (Lipinski definition) is 2. The van der Waals surface area contributed by atoms with Gasteiger partial charge < -0.3 is 15.2 Å². The third-order valence-corrected chi connectivity index (χ3v) is 5.79. The standard InChI is InChI=1S/C19H24N4O3/c24-17-12-16(19(17)7-10-26-11-8-19)20-18(25)15-13-23(22-21-15)9-6-14-4-2-1-3-5-14/h1-5,13,16-17,24H,6-12H2,(H,20,25)/t16-,17-/m1/s1. The van der Waals surface area contributed by atoms with Gasteiger partial charge in [-0.1, -0.05) is 35.5 Å². The van der Waals surface area contributed by atoms with Crippen molar-refractivity contribution in [1.29, 1.82) is 0 Å². The molecule has 2 heterocycles. The fraction of sp³-hybridized carbons (Fsp3) is 0.526. The van der Waals surface area contributed by atoms with E-state index in [9.17, 15) is 9.90 Å². The van der Waals surface area contributed by atoms with Crippen LogP contribution in [0.3, 0.4) is 0 Å². The largest absolute Gasteiger partial charge is 0.392 e. The number of carbonyl (C=O) groups excluding carboxylic acids is 1. The summed E-state index contributed by atoms with van der Waals surface area (Å²) in [7, 11) is 0. The van der Waals surface area contributed by atoms with Crippen LogP contribution < -0.4 is 5.32 Å². The third-order valence-electron chi connectivity index (χ3n) is 5.79. The molecule has 1 aliphatic heterocycles. The molecule has 0 bridgehead atoms. The Bertz CT molecular complexity index is 755. The molecule has 2 aromatic rings. The molecule has 26 heavy (non-hydrogen) atoms. The highest BCUT2D eigenvalue weighted by Crippen LogP contribution is 2.48. The molecule has 2 atom stereocenters. The van der Waals surface area contributed by atoms with Crippen LogP contribution in [0, 0.1) is 5.41 Å². The summed E-state index contributed by atoms with van der Waals surface area (Å²) in [5.41, 5.74) is 1.30. The van der Waals surface area contributed by atoms with E-state index in [1.54, 1.807) is 10.9 Å². The van der Waals surface area contributed by atoms with E-state index in [1.807, 2.05) is 18.2 Å². The summed E-state index contributed by atoms with van der Waals surface area (Å²) >= 11 is 0. The van der Waals surface area contributed by atoms with Crippen LogP contribution in [-0.4, -0.2) is 51.4 Å². The molecular formula is C19H24N4O3. The lowest BCUT2D eigenvalue weighted by atomic mass is 9.58. The van der Waals surface area contributed by atoms with Gasteiger partial charge >= 0.3 is 0 Å². The maximum Gasteiger partial charge on any atom is 0.273 e.